The average molecular weight is 352 g/mol. The van der Waals surface area contributed by atoms with E-state index >= 15 is 0 Å². The summed E-state index contributed by atoms with van der Waals surface area (Å²) in [4.78, 5) is 0. The van der Waals surface area contributed by atoms with Crippen molar-refractivity contribution < 1.29 is 14.2 Å². The van der Waals surface area contributed by atoms with E-state index in [1.165, 1.54) is 12.8 Å². The summed E-state index contributed by atoms with van der Waals surface area (Å²) in [7, 11) is 1.65. The van der Waals surface area contributed by atoms with Crippen molar-refractivity contribution in [3.8, 4) is 23.6 Å². The standard InChI is InChI=1S/C21H24N2O3/c1-24-17-7-6-15(12-18(17)25-16-4-2-3-5-16)20(14-23)8-10-21(11-9-20)19(13-22)26-21/h6-7,12,16,19H,2-5,8-11H2,1H3. The van der Waals surface area contributed by atoms with E-state index in [-0.39, 0.29) is 17.8 Å². The first-order valence-corrected chi connectivity index (χ1v) is 9.49. The van der Waals surface area contributed by atoms with Crippen LogP contribution in [0.5, 0.6) is 11.5 Å². The molecule has 2 aliphatic carbocycles. The minimum Gasteiger partial charge on any atom is -0.493 e. The minimum atomic E-state index is -0.544. The number of nitriles is 2. The second-order valence-electron chi connectivity index (χ2n) is 7.78. The van der Waals surface area contributed by atoms with E-state index in [2.05, 4.69) is 12.1 Å². The van der Waals surface area contributed by atoms with E-state index in [0.29, 0.717) is 12.8 Å². The maximum atomic E-state index is 9.98. The van der Waals surface area contributed by atoms with Gasteiger partial charge in [0.1, 0.15) is 5.60 Å². The van der Waals surface area contributed by atoms with Crippen LogP contribution in [0.1, 0.15) is 56.9 Å². The molecule has 4 rings (SSSR count). The molecule has 5 nitrogen and oxygen atoms in total. The number of hydrogen-bond acceptors (Lipinski definition) is 5. The highest BCUT2D eigenvalue weighted by Crippen LogP contribution is 2.54. The molecule has 136 valence electrons. The van der Waals surface area contributed by atoms with E-state index in [1.54, 1.807) is 7.11 Å². The van der Waals surface area contributed by atoms with Gasteiger partial charge in [0.15, 0.2) is 17.6 Å². The average Bonchev–Trinajstić information content (AvgIpc) is 3.10. The molecule has 1 aliphatic heterocycles. The predicted molar refractivity (Wildman–Crippen MR) is 94.9 cm³/mol. The van der Waals surface area contributed by atoms with Gasteiger partial charge in [0, 0.05) is 0 Å². The lowest BCUT2D eigenvalue weighted by Crippen LogP contribution is -2.35. The molecule has 1 aromatic rings. The molecule has 1 aromatic carbocycles. The molecule has 1 unspecified atom stereocenters. The molecule has 0 aromatic heterocycles. The summed E-state index contributed by atoms with van der Waals surface area (Å²) in [6.07, 6.45) is 7.42. The lowest BCUT2D eigenvalue weighted by molar-refractivity contribution is 0.194. The monoisotopic (exact) mass is 352 g/mol. The van der Waals surface area contributed by atoms with Crippen molar-refractivity contribution in [3.63, 3.8) is 0 Å². The predicted octanol–water partition coefficient (Wildman–Crippen LogP) is 4.01. The van der Waals surface area contributed by atoms with Crippen LogP contribution in [0.4, 0.5) is 0 Å². The van der Waals surface area contributed by atoms with Crippen molar-refractivity contribution in [1.29, 1.82) is 10.5 Å². The number of methoxy groups -OCH3 is 1. The number of epoxide rings is 1. The largest absolute Gasteiger partial charge is 0.493 e. The Labute approximate surface area is 154 Å². The van der Waals surface area contributed by atoms with Gasteiger partial charge in [-0.1, -0.05) is 6.07 Å². The van der Waals surface area contributed by atoms with E-state index in [0.717, 1.165) is 42.7 Å². The van der Waals surface area contributed by atoms with Crippen molar-refractivity contribution in [2.45, 2.75) is 74.6 Å². The lowest BCUT2D eigenvalue weighted by Gasteiger charge is -2.34. The summed E-state index contributed by atoms with van der Waals surface area (Å²) in [5, 5.41) is 19.1. The molecule has 2 saturated carbocycles. The Morgan fingerprint density at radius 1 is 1.08 bits per heavy atom. The third-order valence-corrected chi connectivity index (χ3v) is 6.37. The van der Waals surface area contributed by atoms with Gasteiger partial charge in [0.05, 0.1) is 30.8 Å². The molecular weight excluding hydrogens is 328 g/mol. The molecule has 5 heteroatoms. The molecule has 1 spiro atoms. The van der Waals surface area contributed by atoms with E-state index in [1.807, 2.05) is 18.2 Å². The van der Waals surface area contributed by atoms with E-state index < -0.39 is 5.41 Å². The molecule has 0 N–H and O–H groups in total. The Morgan fingerprint density at radius 3 is 2.38 bits per heavy atom. The van der Waals surface area contributed by atoms with Gasteiger partial charge in [-0.15, -0.1) is 0 Å². The maximum Gasteiger partial charge on any atom is 0.173 e. The minimum absolute atomic E-state index is 0.239. The molecule has 3 aliphatic rings. The second kappa shape index (κ2) is 6.49. The van der Waals surface area contributed by atoms with Crippen LogP contribution in [-0.4, -0.2) is 24.9 Å². The van der Waals surface area contributed by atoms with Gasteiger partial charge in [-0.05, 0) is 69.1 Å². The van der Waals surface area contributed by atoms with E-state index in [4.69, 9.17) is 19.5 Å². The highest BCUT2D eigenvalue weighted by atomic mass is 16.6. The Hall–Kier alpha value is -2.24. The van der Waals surface area contributed by atoms with Crippen molar-refractivity contribution in [3.05, 3.63) is 23.8 Å². The molecule has 26 heavy (non-hydrogen) atoms. The lowest BCUT2D eigenvalue weighted by atomic mass is 9.66. The van der Waals surface area contributed by atoms with Crippen molar-refractivity contribution in [1.82, 2.24) is 0 Å². The molecule has 0 radical (unpaired) electrons. The molecule has 1 heterocycles. The summed E-state index contributed by atoms with van der Waals surface area (Å²) in [5.74, 6) is 1.46. The number of nitrogens with zero attached hydrogens (tertiary/aromatic N) is 2. The number of rotatable bonds is 4. The molecular formula is C21H24N2O3. The Balaban J connectivity index is 1.58. The van der Waals surface area contributed by atoms with Gasteiger partial charge in [-0.25, -0.2) is 0 Å². The third kappa shape index (κ3) is 2.81. The van der Waals surface area contributed by atoms with Crippen molar-refractivity contribution in [2.24, 2.45) is 0 Å². The first-order chi connectivity index (χ1) is 12.6. The number of ether oxygens (including phenoxy) is 3. The first kappa shape index (κ1) is 17.2. The smallest absolute Gasteiger partial charge is 0.173 e. The summed E-state index contributed by atoms with van der Waals surface area (Å²) in [6.45, 7) is 0. The van der Waals surface area contributed by atoms with Crippen LogP contribution in [0.3, 0.4) is 0 Å². The second-order valence-corrected chi connectivity index (χ2v) is 7.78. The maximum absolute atomic E-state index is 9.98. The fourth-order valence-electron chi connectivity index (χ4n) is 4.54. The zero-order valence-electron chi connectivity index (χ0n) is 15.2. The van der Waals surface area contributed by atoms with Crippen LogP contribution < -0.4 is 9.47 Å². The van der Waals surface area contributed by atoms with Gasteiger partial charge in [-0.2, -0.15) is 10.5 Å². The van der Waals surface area contributed by atoms with Crippen LogP contribution >= 0.6 is 0 Å². The zero-order valence-corrected chi connectivity index (χ0v) is 15.2. The van der Waals surface area contributed by atoms with E-state index in [9.17, 15) is 5.26 Å². The molecule has 0 bridgehead atoms. The normalized spacial score (nSPS) is 33.4. The summed E-state index contributed by atoms with van der Waals surface area (Å²) >= 11 is 0. The van der Waals surface area contributed by atoms with Gasteiger partial charge >= 0.3 is 0 Å². The Morgan fingerprint density at radius 2 is 1.81 bits per heavy atom. The van der Waals surface area contributed by atoms with Crippen LogP contribution in [0.25, 0.3) is 0 Å². The summed E-state index contributed by atoms with van der Waals surface area (Å²) in [5.41, 5.74) is 0.139. The van der Waals surface area contributed by atoms with Crippen molar-refractivity contribution >= 4 is 0 Å². The van der Waals surface area contributed by atoms with Crippen molar-refractivity contribution in [2.75, 3.05) is 7.11 Å². The highest BCUT2D eigenvalue weighted by Gasteiger charge is 2.60. The van der Waals surface area contributed by atoms with Crippen LogP contribution in [0.2, 0.25) is 0 Å². The van der Waals surface area contributed by atoms with Gasteiger partial charge < -0.3 is 14.2 Å². The van der Waals surface area contributed by atoms with Crippen LogP contribution in [0, 0.1) is 22.7 Å². The van der Waals surface area contributed by atoms with Crippen LogP contribution in [-0.2, 0) is 10.2 Å². The van der Waals surface area contributed by atoms with Gasteiger partial charge in [0.2, 0.25) is 0 Å². The first-order valence-electron chi connectivity index (χ1n) is 9.49. The topological polar surface area (TPSA) is 78.6 Å². The number of benzene rings is 1. The Kier molecular flexibility index (Phi) is 4.29. The highest BCUT2D eigenvalue weighted by molar-refractivity contribution is 5.48. The molecule has 1 saturated heterocycles. The summed E-state index contributed by atoms with van der Waals surface area (Å²) in [6, 6.07) is 10.7. The fraction of sp³-hybridized carbons (Fsp3) is 0.619. The van der Waals surface area contributed by atoms with Crippen LogP contribution in [0.15, 0.2) is 18.2 Å². The van der Waals surface area contributed by atoms with Gasteiger partial charge in [-0.3, -0.25) is 0 Å². The quantitative estimate of drug-likeness (QED) is 0.765. The molecule has 3 fully saturated rings. The summed E-state index contributed by atoms with van der Waals surface area (Å²) < 4.78 is 17.3. The zero-order chi connectivity index (χ0) is 18.2. The fourth-order valence-corrected chi connectivity index (χ4v) is 4.54. The third-order valence-electron chi connectivity index (χ3n) is 6.37. The van der Waals surface area contributed by atoms with Gasteiger partial charge in [0.25, 0.3) is 0 Å². The number of hydrogen-bond donors (Lipinski definition) is 0. The molecule has 1 atom stereocenters. The molecule has 0 amide bonds. The Bertz CT molecular complexity index is 762. The SMILES string of the molecule is COc1ccc(C2(C#N)CCC3(CC2)OC3C#N)cc1OC1CCCC1.